The van der Waals surface area contributed by atoms with Crippen molar-refractivity contribution >= 4 is 35.5 Å². The van der Waals surface area contributed by atoms with Gasteiger partial charge >= 0.3 is 5.97 Å². The molecule has 4 N–H and O–H groups in total. The van der Waals surface area contributed by atoms with Crippen molar-refractivity contribution in [3.63, 3.8) is 0 Å². The summed E-state index contributed by atoms with van der Waals surface area (Å²) in [5.41, 5.74) is 1.71. The van der Waals surface area contributed by atoms with Crippen LogP contribution in [0, 0.1) is 11.8 Å². The van der Waals surface area contributed by atoms with Gasteiger partial charge in [0.1, 0.15) is 11.8 Å². The smallest absolute Gasteiger partial charge is 0.308 e. The highest BCUT2D eigenvalue weighted by molar-refractivity contribution is 6.32. The van der Waals surface area contributed by atoms with E-state index in [2.05, 4.69) is 10.6 Å². The lowest BCUT2D eigenvalue weighted by Gasteiger charge is -2.19. The summed E-state index contributed by atoms with van der Waals surface area (Å²) in [6.07, 6.45) is 6.35. The number of rotatable bonds is 14. The molecule has 0 unspecified atom stereocenters. The van der Waals surface area contributed by atoms with Gasteiger partial charge < -0.3 is 25.6 Å². The lowest BCUT2D eigenvalue weighted by Crippen LogP contribution is -2.48. The molecule has 0 fully saturated rings. The number of ether oxygens (including phenoxy) is 1. The highest BCUT2D eigenvalue weighted by Gasteiger charge is 2.22. The van der Waals surface area contributed by atoms with Crippen molar-refractivity contribution in [2.45, 2.75) is 38.8 Å². The molecular formula is C29H35ClN2O6. The highest BCUT2D eigenvalue weighted by atomic mass is 35.5. The Morgan fingerprint density at radius 2 is 1.82 bits per heavy atom. The third kappa shape index (κ3) is 10.4. The van der Waals surface area contributed by atoms with E-state index in [4.69, 9.17) is 21.4 Å². The molecule has 0 spiro atoms. The summed E-state index contributed by atoms with van der Waals surface area (Å²) in [6.45, 7) is 3.28. The van der Waals surface area contributed by atoms with Crippen molar-refractivity contribution in [2.75, 3.05) is 13.7 Å². The molecule has 0 aliphatic carbocycles. The van der Waals surface area contributed by atoms with Crippen LogP contribution in [0.15, 0.2) is 66.8 Å². The number of aliphatic carboxylic acids is 1. The fourth-order valence-corrected chi connectivity index (χ4v) is 3.73. The topological polar surface area (TPSA) is 125 Å². The van der Waals surface area contributed by atoms with Crippen molar-refractivity contribution < 1.29 is 29.3 Å². The number of carboxylic acids is 1. The Bertz CT molecular complexity index is 1140. The van der Waals surface area contributed by atoms with Gasteiger partial charge in [0.15, 0.2) is 0 Å². The lowest BCUT2D eigenvalue weighted by molar-refractivity contribution is -0.141. The van der Waals surface area contributed by atoms with Gasteiger partial charge in [-0.15, -0.1) is 0 Å². The van der Waals surface area contributed by atoms with Gasteiger partial charge in [-0.25, -0.2) is 0 Å². The first kappa shape index (κ1) is 30.6. The van der Waals surface area contributed by atoms with E-state index in [0.717, 1.165) is 5.56 Å². The van der Waals surface area contributed by atoms with Crippen LogP contribution in [0.1, 0.15) is 31.4 Å². The molecule has 204 valence electrons. The molecule has 9 heteroatoms. The molecule has 0 heterocycles. The zero-order valence-electron chi connectivity index (χ0n) is 21.8. The monoisotopic (exact) mass is 542 g/mol. The Morgan fingerprint density at radius 1 is 1.11 bits per heavy atom. The molecule has 0 radical (unpaired) electrons. The maximum absolute atomic E-state index is 12.8. The number of hydrogen-bond donors (Lipinski definition) is 4. The van der Waals surface area contributed by atoms with E-state index in [9.17, 15) is 19.5 Å². The van der Waals surface area contributed by atoms with Crippen LogP contribution in [0.2, 0.25) is 5.02 Å². The fourth-order valence-electron chi connectivity index (χ4n) is 3.45. The zero-order valence-corrected chi connectivity index (χ0v) is 22.5. The standard InChI is InChI=1S/C29H35ClN2O6/c1-19(12-13-21-8-5-4-6-9-21)25(33)10-7-11-27(34)32-24(28(35)31-18-20(2)29(36)37)17-22-14-15-26(38-3)23(30)16-22/h4-9,11-16,19-20,24-25,33H,10,17-18H2,1-3H3,(H,31,35)(H,32,34)(H,36,37)/b11-7+,13-12+/t19-,20-,24+,25+/m1/s1. The second kappa shape index (κ2) is 15.6. The van der Waals surface area contributed by atoms with Gasteiger partial charge in [0.25, 0.3) is 0 Å². The average Bonchev–Trinajstić information content (AvgIpc) is 2.90. The van der Waals surface area contributed by atoms with Crippen LogP contribution in [0.25, 0.3) is 6.08 Å². The normalized spacial score (nSPS) is 14.6. The average molecular weight is 543 g/mol. The number of carbonyl (C=O) groups is 3. The summed E-state index contributed by atoms with van der Waals surface area (Å²) in [5, 5.41) is 25.1. The number of hydrogen-bond acceptors (Lipinski definition) is 5. The lowest BCUT2D eigenvalue weighted by atomic mass is 10.00. The first-order chi connectivity index (χ1) is 18.1. The number of carbonyl (C=O) groups excluding carboxylic acids is 2. The van der Waals surface area contributed by atoms with Gasteiger partial charge in [0, 0.05) is 18.9 Å². The number of nitrogens with one attached hydrogen (secondary N) is 2. The van der Waals surface area contributed by atoms with E-state index < -0.39 is 35.8 Å². The molecule has 2 aromatic rings. The summed E-state index contributed by atoms with van der Waals surface area (Å²) in [5.74, 6) is -2.53. The second-order valence-electron chi connectivity index (χ2n) is 9.05. The van der Waals surface area contributed by atoms with E-state index in [1.165, 1.54) is 20.1 Å². The van der Waals surface area contributed by atoms with E-state index in [0.29, 0.717) is 16.3 Å². The van der Waals surface area contributed by atoms with Crippen molar-refractivity contribution in [1.82, 2.24) is 10.6 Å². The maximum atomic E-state index is 12.8. The first-order valence-corrected chi connectivity index (χ1v) is 12.7. The Hall–Kier alpha value is -3.62. The van der Waals surface area contributed by atoms with Crippen molar-refractivity contribution in [2.24, 2.45) is 11.8 Å². The number of aliphatic hydroxyl groups excluding tert-OH is 1. The number of halogens is 1. The second-order valence-corrected chi connectivity index (χ2v) is 9.46. The fraction of sp³-hybridized carbons (Fsp3) is 0.345. The SMILES string of the molecule is COc1ccc(C[C@H](NC(=O)/C=C/C[C@H](O)[C@H](C)/C=C/c2ccccc2)C(=O)NC[C@@H](C)C(=O)O)cc1Cl. The van der Waals surface area contributed by atoms with Gasteiger partial charge in [-0.2, -0.15) is 0 Å². The third-order valence-electron chi connectivity index (χ3n) is 5.94. The van der Waals surface area contributed by atoms with Crippen LogP contribution in [0.4, 0.5) is 0 Å². The van der Waals surface area contributed by atoms with Crippen LogP contribution in [-0.2, 0) is 20.8 Å². The van der Waals surface area contributed by atoms with Crippen LogP contribution < -0.4 is 15.4 Å². The number of benzene rings is 2. The summed E-state index contributed by atoms with van der Waals surface area (Å²) in [4.78, 5) is 36.5. The Labute approximate surface area is 228 Å². The number of carboxylic acid groups (broad SMARTS) is 1. The Balaban J connectivity index is 2.01. The first-order valence-electron chi connectivity index (χ1n) is 12.3. The minimum Gasteiger partial charge on any atom is -0.495 e. The summed E-state index contributed by atoms with van der Waals surface area (Å²) in [7, 11) is 1.49. The van der Waals surface area contributed by atoms with Crippen LogP contribution in [-0.4, -0.2) is 53.8 Å². The Morgan fingerprint density at radius 3 is 2.45 bits per heavy atom. The largest absolute Gasteiger partial charge is 0.495 e. The molecule has 8 nitrogen and oxygen atoms in total. The molecule has 2 amide bonds. The van der Waals surface area contributed by atoms with Crippen molar-refractivity contribution in [3.05, 3.63) is 82.9 Å². The number of amides is 2. The van der Waals surface area contributed by atoms with E-state index in [-0.39, 0.29) is 25.3 Å². The molecule has 0 aliphatic heterocycles. The van der Waals surface area contributed by atoms with Gasteiger partial charge in [-0.3, -0.25) is 14.4 Å². The van der Waals surface area contributed by atoms with Gasteiger partial charge in [0.2, 0.25) is 11.8 Å². The molecule has 2 aromatic carbocycles. The minimum absolute atomic E-state index is 0.0830. The summed E-state index contributed by atoms with van der Waals surface area (Å²) in [6, 6.07) is 13.8. The molecule has 4 atom stereocenters. The summed E-state index contributed by atoms with van der Waals surface area (Å²) < 4.78 is 5.15. The maximum Gasteiger partial charge on any atom is 0.308 e. The van der Waals surface area contributed by atoms with Crippen molar-refractivity contribution in [1.29, 1.82) is 0 Å². The molecule has 0 aromatic heterocycles. The summed E-state index contributed by atoms with van der Waals surface area (Å²) >= 11 is 6.20. The molecule has 0 aliphatic rings. The molecule has 0 saturated carbocycles. The van der Waals surface area contributed by atoms with Gasteiger partial charge in [0.05, 0.1) is 24.2 Å². The van der Waals surface area contributed by atoms with E-state index in [1.807, 2.05) is 49.4 Å². The molecule has 0 bridgehead atoms. The Kier molecular flexibility index (Phi) is 12.6. The van der Waals surface area contributed by atoms with Crippen LogP contribution >= 0.6 is 11.6 Å². The van der Waals surface area contributed by atoms with Crippen molar-refractivity contribution in [3.8, 4) is 5.75 Å². The molecule has 38 heavy (non-hydrogen) atoms. The van der Waals surface area contributed by atoms with E-state index >= 15 is 0 Å². The number of aliphatic hydroxyl groups is 1. The van der Waals surface area contributed by atoms with E-state index in [1.54, 1.807) is 24.3 Å². The molecule has 0 saturated heterocycles. The number of methoxy groups -OCH3 is 1. The third-order valence-corrected chi connectivity index (χ3v) is 6.23. The van der Waals surface area contributed by atoms with Gasteiger partial charge in [-0.1, -0.05) is 80.1 Å². The predicted molar refractivity (Wildman–Crippen MR) is 148 cm³/mol. The van der Waals surface area contributed by atoms with Gasteiger partial charge in [-0.05, 0) is 35.8 Å². The highest BCUT2D eigenvalue weighted by Crippen LogP contribution is 2.25. The zero-order chi connectivity index (χ0) is 28.1. The quantitative estimate of drug-likeness (QED) is 0.269. The predicted octanol–water partition coefficient (Wildman–Crippen LogP) is 3.87. The molecule has 2 rings (SSSR count). The minimum atomic E-state index is -1.04. The molecular weight excluding hydrogens is 508 g/mol. The van der Waals surface area contributed by atoms with Crippen LogP contribution in [0.3, 0.4) is 0 Å². The van der Waals surface area contributed by atoms with Crippen LogP contribution in [0.5, 0.6) is 5.75 Å².